The fourth-order valence-electron chi connectivity index (χ4n) is 3.04. The molecule has 2 aromatic rings. The van der Waals surface area contributed by atoms with E-state index in [2.05, 4.69) is 36.0 Å². The maximum absolute atomic E-state index is 14.5. The molecule has 2 amide bonds. The molecule has 0 saturated heterocycles. The van der Waals surface area contributed by atoms with Gasteiger partial charge in [-0.2, -0.15) is 0 Å². The smallest absolute Gasteiger partial charge is 0.328 e. The molecule has 26 heavy (non-hydrogen) atoms. The lowest BCUT2D eigenvalue weighted by Gasteiger charge is -2.36. The molecule has 0 saturated carbocycles. The number of methoxy groups -OCH3 is 1. The van der Waals surface area contributed by atoms with E-state index in [1.807, 2.05) is 0 Å². The number of carbonyl (C=O) groups is 2. The second-order valence-corrected chi connectivity index (χ2v) is 6.89. The number of nitrogens with one attached hydrogen (secondary N) is 2. The van der Waals surface area contributed by atoms with E-state index in [9.17, 15) is 14.0 Å². The van der Waals surface area contributed by atoms with Crippen LogP contribution in [0.4, 0.5) is 9.18 Å². The highest BCUT2D eigenvalue weighted by molar-refractivity contribution is 9.10. The number of fused-ring (bicyclic) bond motifs is 1. The average Bonchev–Trinajstić information content (AvgIpc) is 3.10. The van der Waals surface area contributed by atoms with Crippen LogP contribution in [0.25, 0.3) is 0 Å². The average molecular weight is 425 g/mol. The number of urea groups is 1. The third-order valence-electron chi connectivity index (χ3n) is 4.33. The normalized spacial score (nSPS) is 17.4. The van der Waals surface area contributed by atoms with Crippen LogP contribution in [0.15, 0.2) is 29.0 Å². The predicted octanol–water partition coefficient (Wildman–Crippen LogP) is 2.53. The second-order valence-electron chi connectivity index (χ2n) is 5.97. The topological polar surface area (TPSA) is 87.3 Å². The lowest BCUT2D eigenvalue weighted by Crippen LogP contribution is -2.50. The molecular weight excluding hydrogens is 407 g/mol. The van der Waals surface area contributed by atoms with Gasteiger partial charge in [-0.3, -0.25) is 0 Å². The minimum absolute atomic E-state index is 0.327. The van der Waals surface area contributed by atoms with Crippen LogP contribution in [-0.4, -0.2) is 46.6 Å². The first-order valence-corrected chi connectivity index (χ1v) is 8.83. The maximum Gasteiger partial charge on any atom is 0.328 e. The Balaban J connectivity index is 1.97. The standard InChI is InChI=1S/C17H18BrFN4O3/c1-9(16(24)26-2)22-17(25)23-6-5-13-14(21-8-20-13)15(23)11-7-10(18)3-4-12(11)19/h3-4,7-9,15H,5-6H2,1-2H3,(H,20,21)(H,22,25). The molecule has 1 aliphatic rings. The number of rotatable bonds is 3. The van der Waals surface area contributed by atoms with Crippen LogP contribution in [0.2, 0.25) is 0 Å². The Hall–Kier alpha value is -2.42. The van der Waals surface area contributed by atoms with E-state index in [0.717, 1.165) is 5.69 Å². The molecule has 2 heterocycles. The lowest BCUT2D eigenvalue weighted by atomic mass is 9.95. The zero-order valence-corrected chi connectivity index (χ0v) is 15.8. The van der Waals surface area contributed by atoms with Gasteiger partial charge in [-0.25, -0.2) is 19.0 Å². The van der Waals surface area contributed by atoms with Crippen molar-refractivity contribution in [2.24, 2.45) is 0 Å². The van der Waals surface area contributed by atoms with Crippen LogP contribution in [0.1, 0.15) is 29.9 Å². The van der Waals surface area contributed by atoms with E-state index >= 15 is 0 Å². The predicted molar refractivity (Wildman–Crippen MR) is 95.0 cm³/mol. The van der Waals surface area contributed by atoms with Crippen LogP contribution in [0.5, 0.6) is 0 Å². The van der Waals surface area contributed by atoms with Gasteiger partial charge >= 0.3 is 12.0 Å². The van der Waals surface area contributed by atoms with Crippen molar-refractivity contribution in [3.63, 3.8) is 0 Å². The molecule has 0 aliphatic carbocycles. The number of imidazole rings is 1. The Labute approximate surface area is 158 Å². The molecule has 0 bridgehead atoms. The van der Waals surface area contributed by atoms with Crippen molar-refractivity contribution >= 4 is 27.9 Å². The van der Waals surface area contributed by atoms with E-state index in [1.54, 1.807) is 12.1 Å². The van der Waals surface area contributed by atoms with E-state index < -0.39 is 29.9 Å². The molecule has 0 fully saturated rings. The number of esters is 1. The third kappa shape index (κ3) is 3.44. The monoisotopic (exact) mass is 424 g/mol. The summed E-state index contributed by atoms with van der Waals surface area (Å²) < 4.78 is 19.9. The molecule has 0 radical (unpaired) electrons. The van der Waals surface area contributed by atoms with Crippen molar-refractivity contribution in [2.45, 2.75) is 25.4 Å². The first kappa shape index (κ1) is 18.4. The summed E-state index contributed by atoms with van der Waals surface area (Å²) in [5, 5.41) is 2.60. The lowest BCUT2D eigenvalue weighted by molar-refractivity contribution is -0.142. The van der Waals surface area contributed by atoms with Gasteiger partial charge in [0.05, 0.1) is 19.1 Å². The Morgan fingerprint density at radius 3 is 3.00 bits per heavy atom. The number of carbonyl (C=O) groups excluding carboxylic acids is 2. The van der Waals surface area contributed by atoms with E-state index in [4.69, 9.17) is 0 Å². The van der Waals surface area contributed by atoms with Crippen LogP contribution in [0, 0.1) is 5.82 Å². The van der Waals surface area contributed by atoms with E-state index in [-0.39, 0.29) is 0 Å². The van der Waals surface area contributed by atoms with Crippen molar-refractivity contribution in [1.82, 2.24) is 20.2 Å². The van der Waals surface area contributed by atoms with Gasteiger partial charge in [0.1, 0.15) is 17.9 Å². The molecule has 2 unspecified atom stereocenters. The van der Waals surface area contributed by atoms with Gasteiger partial charge in [-0.15, -0.1) is 0 Å². The van der Waals surface area contributed by atoms with Crippen molar-refractivity contribution < 1.29 is 18.7 Å². The summed E-state index contributed by atoms with van der Waals surface area (Å²) >= 11 is 3.34. The molecule has 9 heteroatoms. The Morgan fingerprint density at radius 1 is 1.50 bits per heavy atom. The van der Waals surface area contributed by atoms with Gasteiger partial charge < -0.3 is 19.9 Å². The summed E-state index contributed by atoms with van der Waals surface area (Å²) in [5.74, 6) is -0.992. The fourth-order valence-corrected chi connectivity index (χ4v) is 3.42. The summed E-state index contributed by atoms with van der Waals surface area (Å²) in [6.45, 7) is 1.88. The second kappa shape index (κ2) is 7.45. The van der Waals surface area contributed by atoms with Gasteiger partial charge in [-0.05, 0) is 25.1 Å². The molecule has 7 nitrogen and oxygen atoms in total. The first-order chi connectivity index (χ1) is 12.4. The van der Waals surface area contributed by atoms with Gasteiger partial charge in [0, 0.05) is 28.7 Å². The maximum atomic E-state index is 14.5. The number of ether oxygens (including phenoxy) is 1. The minimum atomic E-state index is -0.818. The number of halogens is 2. The van der Waals surface area contributed by atoms with Crippen molar-refractivity contribution in [3.8, 4) is 0 Å². The molecule has 0 spiro atoms. The van der Waals surface area contributed by atoms with Gasteiger partial charge in [-0.1, -0.05) is 15.9 Å². The summed E-state index contributed by atoms with van der Waals surface area (Å²) in [5.41, 5.74) is 1.78. The number of aromatic amines is 1. The number of benzene rings is 1. The largest absolute Gasteiger partial charge is 0.467 e. The van der Waals surface area contributed by atoms with Crippen LogP contribution in [0.3, 0.4) is 0 Å². The number of hydrogen-bond donors (Lipinski definition) is 2. The van der Waals surface area contributed by atoms with Crippen LogP contribution < -0.4 is 5.32 Å². The molecule has 3 rings (SSSR count). The highest BCUT2D eigenvalue weighted by Crippen LogP contribution is 2.35. The Morgan fingerprint density at radius 2 is 2.27 bits per heavy atom. The number of aromatic nitrogens is 2. The van der Waals surface area contributed by atoms with Crippen molar-refractivity contribution in [3.05, 3.63) is 51.8 Å². The summed E-state index contributed by atoms with van der Waals surface area (Å²) in [7, 11) is 1.25. The molecule has 138 valence electrons. The summed E-state index contributed by atoms with van der Waals surface area (Å²) in [4.78, 5) is 33.2. The van der Waals surface area contributed by atoms with Gasteiger partial charge in [0.25, 0.3) is 0 Å². The Kier molecular flexibility index (Phi) is 5.26. The summed E-state index contributed by atoms with van der Waals surface area (Å²) in [6.07, 6.45) is 2.09. The van der Waals surface area contributed by atoms with E-state index in [1.165, 1.54) is 31.3 Å². The highest BCUT2D eigenvalue weighted by Gasteiger charge is 2.36. The number of nitrogens with zero attached hydrogens (tertiary/aromatic N) is 2. The van der Waals surface area contributed by atoms with Gasteiger partial charge in [0.15, 0.2) is 0 Å². The molecular formula is C17H18BrFN4O3. The molecule has 1 aromatic heterocycles. The summed E-state index contributed by atoms with van der Waals surface area (Å²) in [6, 6.07) is 2.56. The molecule has 2 atom stereocenters. The van der Waals surface area contributed by atoms with Crippen LogP contribution >= 0.6 is 15.9 Å². The SMILES string of the molecule is COC(=O)C(C)NC(=O)N1CCc2[nH]cnc2C1c1cc(Br)ccc1F. The first-order valence-electron chi connectivity index (χ1n) is 8.04. The zero-order valence-electron chi connectivity index (χ0n) is 14.3. The minimum Gasteiger partial charge on any atom is -0.467 e. The molecule has 1 aromatic carbocycles. The van der Waals surface area contributed by atoms with Crippen molar-refractivity contribution in [2.75, 3.05) is 13.7 Å². The number of amides is 2. The fraction of sp³-hybridized carbons (Fsp3) is 0.353. The zero-order chi connectivity index (χ0) is 18.8. The third-order valence-corrected chi connectivity index (χ3v) is 4.83. The Bertz CT molecular complexity index is 841. The number of hydrogen-bond acceptors (Lipinski definition) is 4. The number of H-pyrrole nitrogens is 1. The highest BCUT2D eigenvalue weighted by atomic mass is 79.9. The van der Waals surface area contributed by atoms with Crippen LogP contribution in [-0.2, 0) is 16.0 Å². The molecule has 1 aliphatic heterocycles. The van der Waals surface area contributed by atoms with Gasteiger partial charge in [0.2, 0.25) is 0 Å². The quantitative estimate of drug-likeness (QED) is 0.741. The van der Waals surface area contributed by atoms with Crippen molar-refractivity contribution in [1.29, 1.82) is 0 Å². The van der Waals surface area contributed by atoms with E-state index in [0.29, 0.717) is 28.7 Å². The molecule has 2 N–H and O–H groups in total.